The molecule has 2 heterocycles. The summed E-state index contributed by atoms with van der Waals surface area (Å²) in [5.41, 5.74) is 5.64. The Morgan fingerprint density at radius 2 is 2.16 bits per heavy atom. The zero-order chi connectivity index (χ0) is 13.2. The number of carbonyl (C=O) groups is 1. The fraction of sp³-hybridized carbons (Fsp3) is 0.500. The maximum atomic E-state index is 12.4. The van der Waals surface area contributed by atoms with Crippen LogP contribution in [0.15, 0.2) is 24.3 Å². The molecule has 19 heavy (non-hydrogen) atoms. The van der Waals surface area contributed by atoms with Gasteiger partial charge >= 0.3 is 0 Å². The normalized spacial score (nSPS) is 25.4. The lowest BCUT2D eigenvalue weighted by molar-refractivity contribution is -0.140. The molecule has 1 saturated heterocycles. The van der Waals surface area contributed by atoms with Gasteiger partial charge in [0.05, 0.1) is 0 Å². The Morgan fingerprint density at radius 3 is 2.89 bits per heavy atom. The van der Waals surface area contributed by atoms with Crippen LogP contribution in [0.4, 0.5) is 0 Å². The van der Waals surface area contributed by atoms with Crippen molar-refractivity contribution in [2.75, 3.05) is 26.2 Å². The molecular weight excluding hydrogens is 244 g/mol. The van der Waals surface area contributed by atoms with Crippen molar-refractivity contribution in [1.82, 2.24) is 4.90 Å². The third-order valence-corrected chi connectivity index (χ3v) is 3.71. The Balaban J connectivity index is 1.66. The highest BCUT2D eigenvalue weighted by atomic mass is 16.6. The molecule has 1 aromatic rings. The first-order valence-electron chi connectivity index (χ1n) is 6.65. The van der Waals surface area contributed by atoms with Crippen LogP contribution in [0.3, 0.4) is 0 Å². The van der Waals surface area contributed by atoms with Crippen molar-refractivity contribution in [2.45, 2.75) is 12.5 Å². The molecule has 102 valence electrons. The van der Waals surface area contributed by atoms with E-state index in [-0.39, 0.29) is 12.5 Å². The predicted molar refractivity (Wildman–Crippen MR) is 70.1 cm³/mol. The van der Waals surface area contributed by atoms with Crippen LogP contribution < -0.4 is 15.2 Å². The Kier molecular flexibility index (Phi) is 3.29. The Hall–Kier alpha value is -1.75. The van der Waals surface area contributed by atoms with Gasteiger partial charge in [-0.15, -0.1) is 0 Å². The molecule has 0 spiro atoms. The molecule has 2 atom stereocenters. The van der Waals surface area contributed by atoms with E-state index in [1.54, 1.807) is 0 Å². The average molecular weight is 262 g/mol. The van der Waals surface area contributed by atoms with Gasteiger partial charge in [-0.05, 0) is 31.0 Å². The summed E-state index contributed by atoms with van der Waals surface area (Å²) in [5.74, 6) is 1.76. The van der Waals surface area contributed by atoms with E-state index in [4.69, 9.17) is 15.2 Å². The van der Waals surface area contributed by atoms with Gasteiger partial charge in [0.15, 0.2) is 11.5 Å². The van der Waals surface area contributed by atoms with E-state index in [2.05, 4.69) is 0 Å². The number of hydrogen-bond donors (Lipinski definition) is 1. The predicted octanol–water partition coefficient (Wildman–Crippen LogP) is 0.634. The number of amides is 1. The van der Waals surface area contributed by atoms with E-state index in [9.17, 15) is 4.79 Å². The second-order valence-electron chi connectivity index (χ2n) is 5.04. The molecule has 2 aliphatic heterocycles. The van der Waals surface area contributed by atoms with Crippen LogP contribution in [-0.2, 0) is 4.79 Å². The van der Waals surface area contributed by atoms with Gasteiger partial charge in [0.25, 0.3) is 5.91 Å². The molecule has 5 heteroatoms. The van der Waals surface area contributed by atoms with E-state index < -0.39 is 6.10 Å². The lowest BCUT2D eigenvalue weighted by atomic mass is 10.1. The second kappa shape index (κ2) is 5.09. The first-order valence-corrected chi connectivity index (χ1v) is 6.65. The summed E-state index contributed by atoms with van der Waals surface area (Å²) in [7, 11) is 0. The number of likely N-dealkylation sites (tertiary alicyclic amines) is 1. The smallest absolute Gasteiger partial charge is 0.267 e. The summed E-state index contributed by atoms with van der Waals surface area (Å²) in [5, 5.41) is 0. The van der Waals surface area contributed by atoms with Crippen LogP contribution in [0.5, 0.6) is 11.5 Å². The zero-order valence-corrected chi connectivity index (χ0v) is 10.7. The SMILES string of the molecule is NC[C@@H]1CCN(C(=O)[C@@H]2COc3ccccc3O2)C1. The molecule has 2 N–H and O–H groups in total. The molecule has 5 nitrogen and oxygen atoms in total. The Morgan fingerprint density at radius 1 is 1.37 bits per heavy atom. The summed E-state index contributed by atoms with van der Waals surface area (Å²) in [6.07, 6.45) is 0.443. The molecule has 1 amide bonds. The highest BCUT2D eigenvalue weighted by Crippen LogP contribution is 2.31. The Labute approximate surface area is 112 Å². The van der Waals surface area contributed by atoms with E-state index >= 15 is 0 Å². The average Bonchev–Trinajstić information content (AvgIpc) is 2.95. The van der Waals surface area contributed by atoms with Crippen LogP contribution in [0.2, 0.25) is 0 Å². The van der Waals surface area contributed by atoms with Crippen LogP contribution in [-0.4, -0.2) is 43.2 Å². The van der Waals surface area contributed by atoms with Crippen LogP contribution in [0, 0.1) is 5.92 Å². The zero-order valence-electron chi connectivity index (χ0n) is 10.7. The minimum atomic E-state index is -0.536. The molecule has 1 fully saturated rings. The fourth-order valence-corrected chi connectivity index (χ4v) is 2.57. The quantitative estimate of drug-likeness (QED) is 0.849. The van der Waals surface area contributed by atoms with Crippen molar-refractivity contribution in [1.29, 1.82) is 0 Å². The molecule has 0 bridgehead atoms. The molecule has 3 rings (SSSR count). The minimum Gasteiger partial charge on any atom is -0.485 e. The van der Waals surface area contributed by atoms with Gasteiger partial charge in [0, 0.05) is 13.1 Å². The fourth-order valence-electron chi connectivity index (χ4n) is 2.57. The standard InChI is InChI=1S/C14H18N2O3/c15-7-10-5-6-16(8-10)14(17)13-9-18-11-3-1-2-4-12(11)19-13/h1-4,10,13H,5-9,15H2/t10-,13-/m0/s1. The first-order chi connectivity index (χ1) is 9.28. The summed E-state index contributed by atoms with van der Waals surface area (Å²) in [4.78, 5) is 14.2. The second-order valence-corrected chi connectivity index (χ2v) is 5.04. The molecular formula is C14H18N2O3. The van der Waals surface area contributed by atoms with E-state index in [1.807, 2.05) is 29.2 Å². The van der Waals surface area contributed by atoms with Gasteiger partial charge in [-0.2, -0.15) is 0 Å². The number of rotatable bonds is 2. The van der Waals surface area contributed by atoms with Gasteiger partial charge in [0.1, 0.15) is 6.61 Å². The van der Waals surface area contributed by atoms with E-state index in [1.165, 1.54) is 0 Å². The maximum absolute atomic E-state index is 12.4. The summed E-state index contributed by atoms with van der Waals surface area (Å²) < 4.78 is 11.3. The molecule has 2 aliphatic rings. The number of hydrogen-bond acceptors (Lipinski definition) is 4. The highest BCUT2D eigenvalue weighted by molar-refractivity contribution is 5.82. The molecule has 0 saturated carbocycles. The lowest BCUT2D eigenvalue weighted by Crippen LogP contribution is -2.45. The number of carbonyl (C=O) groups excluding carboxylic acids is 1. The summed E-state index contributed by atoms with van der Waals surface area (Å²) in [6.45, 7) is 2.41. The lowest BCUT2D eigenvalue weighted by Gasteiger charge is -2.28. The van der Waals surface area contributed by atoms with Gasteiger partial charge in [-0.3, -0.25) is 4.79 Å². The molecule has 0 aromatic heterocycles. The third-order valence-electron chi connectivity index (χ3n) is 3.71. The van der Waals surface area contributed by atoms with Crippen molar-refractivity contribution < 1.29 is 14.3 Å². The van der Waals surface area contributed by atoms with Crippen molar-refractivity contribution in [3.63, 3.8) is 0 Å². The van der Waals surface area contributed by atoms with E-state index in [0.717, 1.165) is 19.5 Å². The van der Waals surface area contributed by atoms with Crippen LogP contribution in [0.1, 0.15) is 6.42 Å². The number of para-hydroxylation sites is 2. The topological polar surface area (TPSA) is 64.8 Å². The molecule has 0 radical (unpaired) electrons. The number of ether oxygens (including phenoxy) is 2. The third kappa shape index (κ3) is 2.38. The minimum absolute atomic E-state index is 0.00505. The van der Waals surface area contributed by atoms with E-state index in [0.29, 0.717) is 24.0 Å². The number of nitrogens with two attached hydrogens (primary N) is 1. The molecule has 1 aromatic carbocycles. The van der Waals surface area contributed by atoms with Gasteiger partial charge < -0.3 is 20.1 Å². The van der Waals surface area contributed by atoms with Crippen molar-refractivity contribution in [2.24, 2.45) is 11.7 Å². The van der Waals surface area contributed by atoms with Crippen molar-refractivity contribution in [3.05, 3.63) is 24.3 Å². The largest absolute Gasteiger partial charge is 0.485 e. The molecule has 0 aliphatic carbocycles. The van der Waals surface area contributed by atoms with Gasteiger partial charge in [-0.1, -0.05) is 12.1 Å². The van der Waals surface area contributed by atoms with Gasteiger partial charge in [0.2, 0.25) is 6.10 Å². The highest BCUT2D eigenvalue weighted by Gasteiger charge is 2.34. The first kappa shape index (κ1) is 12.3. The number of benzene rings is 1. The van der Waals surface area contributed by atoms with Crippen LogP contribution >= 0.6 is 0 Å². The molecule has 0 unspecified atom stereocenters. The van der Waals surface area contributed by atoms with Gasteiger partial charge in [-0.25, -0.2) is 0 Å². The number of fused-ring (bicyclic) bond motifs is 1. The Bertz CT molecular complexity index is 478. The number of nitrogens with zero attached hydrogens (tertiary/aromatic N) is 1. The van der Waals surface area contributed by atoms with Crippen molar-refractivity contribution >= 4 is 5.91 Å². The van der Waals surface area contributed by atoms with Crippen LogP contribution in [0.25, 0.3) is 0 Å². The summed E-state index contributed by atoms with van der Waals surface area (Å²) in [6, 6.07) is 7.42. The summed E-state index contributed by atoms with van der Waals surface area (Å²) >= 11 is 0. The van der Waals surface area contributed by atoms with Crippen molar-refractivity contribution in [3.8, 4) is 11.5 Å². The maximum Gasteiger partial charge on any atom is 0.267 e. The monoisotopic (exact) mass is 262 g/mol.